The van der Waals surface area contributed by atoms with Crippen LogP contribution in [0.5, 0.6) is 0 Å². The van der Waals surface area contributed by atoms with E-state index in [0.29, 0.717) is 11.3 Å². The van der Waals surface area contributed by atoms with Gasteiger partial charge in [-0.1, -0.05) is 12.1 Å². The van der Waals surface area contributed by atoms with Gasteiger partial charge in [-0.2, -0.15) is 4.98 Å². The Labute approximate surface area is 139 Å². The van der Waals surface area contributed by atoms with Gasteiger partial charge in [-0.25, -0.2) is 9.78 Å². The van der Waals surface area contributed by atoms with E-state index < -0.39 is 11.4 Å². The Kier molecular flexibility index (Phi) is 3.24. The molecule has 0 saturated carbocycles. The molecule has 4 rings (SSSR count). The van der Waals surface area contributed by atoms with Crippen molar-refractivity contribution in [3.05, 3.63) is 51.5 Å². The zero-order valence-electron chi connectivity index (χ0n) is 12.5. The number of pyridine rings is 1. The largest absolute Gasteiger partial charge is 0.462 e. The van der Waals surface area contributed by atoms with E-state index in [1.54, 1.807) is 11.3 Å². The van der Waals surface area contributed by atoms with E-state index in [1.165, 1.54) is 6.20 Å². The number of fused-ring (bicyclic) bond motifs is 5. The molecule has 7 nitrogen and oxygen atoms in total. The molecule has 0 atom stereocenters. The van der Waals surface area contributed by atoms with Crippen molar-refractivity contribution in [1.29, 1.82) is 0 Å². The van der Waals surface area contributed by atoms with Crippen molar-refractivity contribution >= 4 is 45.3 Å². The molecule has 0 unspecified atom stereocenters. The number of hydrogen-bond donors (Lipinski definition) is 1. The van der Waals surface area contributed by atoms with Crippen molar-refractivity contribution in [1.82, 2.24) is 19.4 Å². The molecule has 0 aliphatic rings. The van der Waals surface area contributed by atoms with Gasteiger partial charge < -0.3 is 9.72 Å². The van der Waals surface area contributed by atoms with E-state index in [-0.39, 0.29) is 22.8 Å². The highest BCUT2D eigenvalue weighted by molar-refractivity contribution is 6.28. The number of aromatic amines is 1. The highest BCUT2D eigenvalue weighted by Gasteiger charge is 2.23. The topological polar surface area (TPSA) is 89.3 Å². The lowest BCUT2D eigenvalue weighted by molar-refractivity contribution is 0.0527. The summed E-state index contributed by atoms with van der Waals surface area (Å²) in [6.07, 6.45) is 1.32. The highest BCUT2D eigenvalue weighted by Crippen LogP contribution is 2.23. The number of para-hydroxylation sites is 2. The molecule has 0 radical (unpaired) electrons. The van der Waals surface area contributed by atoms with Crippen LogP contribution in [0.15, 0.2) is 35.3 Å². The maximum Gasteiger partial charge on any atom is 0.345 e. The fraction of sp³-hybridized carbons (Fsp3) is 0.125. The number of H-pyrrole nitrogens is 1. The van der Waals surface area contributed by atoms with E-state index in [4.69, 9.17) is 16.3 Å². The minimum absolute atomic E-state index is 0.0184. The summed E-state index contributed by atoms with van der Waals surface area (Å²) in [5, 5.41) is 0.217. The highest BCUT2D eigenvalue weighted by atomic mass is 35.5. The molecule has 24 heavy (non-hydrogen) atoms. The van der Waals surface area contributed by atoms with E-state index in [0.717, 1.165) is 11.0 Å². The molecule has 4 aromatic rings. The number of benzene rings is 1. The van der Waals surface area contributed by atoms with Crippen LogP contribution in [0, 0.1) is 0 Å². The molecule has 0 aliphatic carbocycles. The van der Waals surface area contributed by atoms with Crippen LogP contribution in [-0.2, 0) is 4.74 Å². The molecule has 0 aliphatic heterocycles. The zero-order valence-corrected chi connectivity index (χ0v) is 13.3. The molecule has 0 amide bonds. The Morgan fingerprint density at radius 1 is 1.38 bits per heavy atom. The number of imidazole rings is 1. The number of aromatic nitrogens is 4. The van der Waals surface area contributed by atoms with Crippen molar-refractivity contribution in [2.75, 3.05) is 6.61 Å². The Bertz CT molecular complexity index is 1180. The van der Waals surface area contributed by atoms with Gasteiger partial charge in [0.15, 0.2) is 5.65 Å². The zero-order chi connectivity index (χ0) is 16.8. The maximum absolute atomic E-state index is 12.8. The lowest BCUT2D eigenvalue weighted by atomic mass is 10.2. The van der Waals surface area contributed by atoms with Gasteiger partial charge in [-0.05, 0) is 30.7 Å². The number of carbonyl (C=O) groups is 1. The molecule has 0 spiro atoms. The Morgan fingerprint density at radius 2 is 2.17 bits per heavy atom. The van der Waals surface area contributed by atoms with Crippen molar-refractivity contribution in [2.24, 2.45) is 0 Å². The average molecular weight is 343 g/mol. The summed E-state index contributed by atoms with van der Waals surface area (Å²) in [6.45, 7) is 1.85. The number of nitrogens with zero attached hydrogens (tertiary/aromatic N) is 3. The van der Waals surface area contributed by atoms with Gasteiger partial charge >= 0.3 is 5.97 Å². The molecule has 0 fully saturated rings. The summed E-state index contributed by atoms with van der Waals surface area (Å²) in [4.78, 5) is 36.3. The first kappa shape index (κ1) is 14.6. The molecule has 1 N–H and O–H groups in total. The summed E-state index contributed by atoms with van der Waals surface area (Å²) in [5.74, 6) is -0.691. The van der Waals surface area contributed by atoms with Crippen LogP contribution in [-0.4, -0.2) is 31.9 Å². The summed E-state index contributed by atoms with van der Waals surface area (Å²) in [7, 11) is 0. The normalized spacial score (nSPS) is 11.4. The molecular formula is C16H11ClN4O3. The standard InChI is InChI=1S/C16H11ClN4O3/c1-2-24-15(23)11-12(22)8-7-18-16(17)20-13(8)21-10-6-4-3-5-9(10)19-14(11)21/h3-7,19H,2H2,1H3. The van der Waals surface area contributed by atoms with Crippen LogP contribution in [0.1, 0.15) is 17.3 Å². The number of esters is 1. The second-order valence-electron chi connectivity index (χ2n) is 5.13. The smallest absolute Gasteiger partial charge is 0.345 e. The molecule has 0 bridgehead atoms. The van der Waals surface area contributed by atoms with E-state index >= 15 is 0 Å². The molecule has 8 heteroatoms. The van der Waals surface area contributed by atoms with Gasteiger partial charge in [0.1, 0.15) is 11.2 Å². The quantitative estimate of drug-likeness (QED) is 0.446. The second kappa shape index (κ2) is 5.31. The second-order valence-corrected chi connectivity index (χ2v) is 5.47. The molecular weight excluding hydrogens is 332 g/mol. The van der Waals surface area contributed by atoms with Gasteiger partial charge in [0.25, 0.3) is 0 Å². The van der Waals surface area contributed by atoms with Crippen molar-refractivity contribution in [2.45, 2.75) is 6.92 Å². The first-order valence-electron chi connectivity index (χ1n) is 7.26. The SMILES string of the molecule is CCOC(=O)c1c(=O)c2cnc(Cl)nc2n2c1[nH]c1ccccc12. The van der Waals surface area contributed by atoms with Crippen LogP contribution in [0.2, 0.25) is 5.28 Å². The Balaban J connectivity index is 2.30. The fourth-order valence-corrected chi connectivity index (χ4v) is 2.92. The predicted octanol–water partition coefficient (Wildman–Crippen LogP) is 2.55. The van der Waals surface area contributed by atoms with E-state index in [9.17, 15) is 9.59 Å². The van der Waals surface area contributed by atoms with Crippen molar-refractivity contribution in [3.63, 3.8) is 0 Å². The molecule has 3 aromatic heterocycles. The lowest BCUT2D eigenvalue weighted by Gasteiger charge is -2.07. The minimum atomic E-state index is -0.691. The fourth-order valence-electron chi connectivity index (χ4n) is 2.79. The van der Waals surface area contributed by atoms with Crippen LogP contribution < -0.4 is 5.43 Å². The number of ether oxygens (including phenoxy) is 1. The molecule has 120 valence electrons. The summed E-state index contributed by atoms with van der Waals surface area (Å²) in [6, 6.07) is 7.40. The summed E-state index contributed by atoms with van der Waals surface area (Å²) < 4.78 is 6.73. The number of rotatable bonds is 2. The minimum Gasteiger partial charge on any atom is -0.462 e. The Hall–Kier alpha value is -2.93. The van der Waals surface area contributed by atoms with Gasteiger partial charge in [-0.3, -0.25) is 9.20 Å². The van der Waals surface area contributed by atoms with Crippen LogP contribution in [0.4, 0.5) is 0 Å². The van der Waals surface area contributed by atoms with E-state index in [2.05, 4.69) is 15.0 Å². The summed E-state index contributed by atoms with van der Waals surface area (Å²) in [5.41, 5.74) is 1.60. The molecule has 1 aromatic carbocycles. The number of nitrogens with one attached hydrogen (secondary N) is 1. The van der Waals surface area contributed by atoms with Gasteiger partial charge in [0.2, 0.25) is 10.7 Å². The van der Waals surface area contributed by atoms with Crippen LogP contribution >= 0.6 is 11.6 Å². The third-order valence-corrected chi connectivity index (χ3v) is 3.94. The number of carbonyl (C=O) groups excluding carboxylic acids is 1. The summed E-state index contributed by atoms with van der Waals surface area (Å²) >= 11 is 5.90. The first-order chi connectivity index (χ1) is 11.6. The maximum atomic E-state index is 12.8. The monoisotopic (exact) mass is 342 g/mol. The van der Waals surface area contributed by atoms with Crippen molar-refractivity contribution in [3.8, 4) is 0 Å². The number of halogens is 1. The Morgan fingerprint density at radius 3 is 2.96 bits per heavy atom. The number of hydrogen-bond acceptors (Lipinski definition) is 5. The first-order valence-corrected chi connectivity index (χ1v) is 7.64. The predicted molar refractivity (Wildman–Crippen MR) is 89.6 cm³/mol. The molecule has 3 heterocycles. The van der Waals surface area contributed by atoms with E-state index in [1.807, 2.05) is 24.3 Å². The average Bonchev–Trinajstić information content (AvgIpc) is 2.94. The third kappa shape index (κ3) is 1.98. The molecule has 0 saturated heterocycles. The third-order valence-electron chi connectivity index (χ3n) is 3.76. The van der Waals surface area contributed by atoms with Crippen LogP contribution in [0.25, 0.3) is 27.7 Å². The van der Waals surface area contributed by atoms with Gasteiger partial charge in [-0.15, -0.1) is 0 Å². The lowest BCUT2D eigenvalue weighted by Crippen LogP contribution is -2.21. The van der Waals surface area contributed by atoms with Gasteiger partial charge in [0, 0.05) is 6.20 Å². The van der Waals surface area contributed by atoms with Gasteiger partial charge in [0.05, 0.1) is 23.0 Å². The van der Waals surface area contributed by atoms with Crippen molar-refractivity contribution < 1.29 is 9.53 Å². The van der Waals surface area contributed by atoms with Crippen LogP contribution in [0.3, 0.4) is 0 Å².